The van der Waals surface area contributed by atoms with Gasteiger partial charge in [0.1, 0.15) is 0 Å². The second-order valence-corrected chi connectivity index (χ2v) is 4.70. The minimum atomic E-state index is -0.0275. The van der Waals surface area contributed by atoms with Gasteiger partial charge in [0.15, 0.2) is 23.1 Å². The molecule has 2 N–H and O–H groups in total. The van der Waals surface area contributed by atoms with Crippen molar-refractivity contribution in [3.05, 3.63) is 40.5 Å². The molecule has 0 amide bonds. The van der Waals surface area contributed by atoms with Crippen molar-refractivity contribution in [1.29, 1.82) is 0 Å². The van der Waals surface area contributed by atoms with E-state index >= 15 is 0 Å². The van der Waals surface area contributed by atoms with Gasteiger partial charge in [-0.25, -0.2) is 9.98 Å². The molecule has 0 atom stereocenters. The Hall–Kier alpha value is -2.08. The second-order valence-electron chi connectivity index (χ2n) is 3.85. The minimum absolute atomic E-state index is 0.0135. The summed E-state index contributed by atoms with van der Waals surface area (Å²) in [6, 6.07) is 6.52. The van der Waals surface area contributed by atoms with Gasteiger partial charge in [-0.05, 0) is 47.1 Å². The maximum absolute atomic E-state index is 10.1. The molecule has 0 unspecified atom stereocenters. The first-order valence-corrected chi connectivity index (χ1v) is 6.75. The summed E-state index contributed by atoms with van der Waals surface area (Å²) >= 11 is 3.33. The van der Waals surface area contributed by atoms with Gasteiger partial charge in [0.05, 0.1) is 12.2 Å². The number of aliphatic imine (C=N–C) groups is 1. The first-order valence-electron chi connectivity index (χ1n) is 5.95. The predicted octanol–water partition coefficient (Wildman–Crippen LogP) is 3.40. The summed E-state index contributed by atoms with van der Waals surface area (Å²) in [5, 5.41) is 19.7. The number of hydrogen-bond donors (Lipinski definition) is 2. The zero-order chi connectivity index (χ0) is 14.5. The van der Waals surface area contributed by atoms with Gasteiger partial charge < -0.3 is 14.9 Å². The maximum Gasteiger partial charge on any atom is 0.194 e. The molecule has 0 bridgehead atoms. The fourth-order valence-corrected chi connectivity index (χ4v) is 1.99. The van der Waals surface area contributed by atoms with Gasteiger partial charge in [-0.15, -0.1) is 0 Å². The smallest absolute Gasteiger partial charge is 0.194 e. The molecule has 1 heterocycles. The van der Waals surface area contributed by atoms with Gasteiger partial charge in [-0.2, -0.15) is 0 Å². The van der Waals surface area contributed by atoms with E-state index in [9.17, 15) is 10.2 Å². The maximum atomic E-state index is 10.1. The lowest BCUT2D eigenvalue weighted by molar-refractivity contribution is 0.318. The van der Waals surface area contributed by atoms with E-state index in [0.717, 1.165) is 0 Å². The van der Waals surface area contributed by atoms with E-state index in [4.69, 9.17) is 4.74 Å². The van der Waals surface area contributed by atoms with E-state index in [2.05, 4.69) is 25.9 Å². The lowest BCUT2D eigenvalue weighted by atomic mass is 10.2. The lowest BCUT2D eigenvalue weighted by Gasteiger charge is -2.09. The topological polar surface area (TPSA) is 74.9 Å². The molecule has 1 aromatic heterocycles. The van der Waals surface area contributed by atoms with E-state index in [0.29, 0.717) is 22.4 Å². The molecular weight excluding hydrogens is 324 g/mol. The van der Waals surface area contributed by atoms with Gasteiger partial charge in [-0.3, -0.25) is 0 Å². The summed E-state index contributed by atoms with van der Waals surface area (Å²) in [5.74, 6) is 0.517. The largest absolute Gasteiger partial charge is 0.504 e. The zero-order valence-electron chi connectivity index (χ0n) is 10.7. The van der Waals surface area contributed by atoms with Crippen molar-refractivity contribution in [2.24, 2.45) is 4.99 Å². The van der Waals surface area contributed by atoms with Crippen LogP contribution in [0.25, 0.3) is 0 Å². The van der Waals surface area contributed by atoms with Crippen LogP contribution in [0.1, 0.15) is 12.5 Å². The molecule has 0 aliphatic heterocycles. The Balaban J connectivity index is 2.38. The molecule has 0 spiro atoms. The van der Waals surface area contributed by atoms with Crippen LogP contribution >= 0.6 is 15.9 Å². The van der Waals surface area contributed by atoms with Crippen molar-refractivity contribution < 1.29 is 14.9 Å². The van der Waals surface area contributed by atoms with Crippen molar-refractivity contribution in [3.63, 3.8) is 0 Å². The lowest BCUT2D eigenvalue weighted by Crippen LogP contribution is -1.94. The van der Waals surface area contributed by atoms with Crippen molar-refractivity contribution >= 4 is 28.0 Å². The quantitative estimate of drug-likeness (QED) is 0.839. The fourth-order valence-electron chi connectivity index (χ4n) is 1.57. The number of phenolic OH excluding ortho intramolecular Hbond substituents is 1. The molecule has 0 radical (unpaired) electrons. The average Bonchev–Trinajstić information content (AvgIpc) is 2.44. The van der Waals surface area contributed by atoms with Crippen LogP contribution in [0.3, 0.4) is 0 Å². The van der Waals surface area contributed by atoms with Gasteiger partial charge in [0.2, 0.25) is 0 Å². The van der Waals surface area contributed by atoms with Gasteiger partial charge in [0.25, 0.3) is 0 Å². The number of rotatable bonds is 4. The molecule has 104 valence electrons. The first-order chi connectivity index (χ1) is 9.63. The third-order valence-electron chi connectivity index (χ3n) is 2.51. The van der Waals surface area contributed by atoms with E-state index < -0.39 is 0 Å². The standard InChI is InChI=1S/C14H13BrN2O3/c1-2-20-12-6-5-10(15)9(13(12)19)8-17-14-11(18)4-3-7-16-14/h3-8,18-19H,2H2,1H3/b17-8+. The molecule has 1 aromatic carbocycles. The summed E-state index contributed by atoms with van der Waals surface area (Å²) < 4.78 is 5.98. The van der Waals surface area contributed by atoms with Gasteiger partial charge in [0, 0.05) is 16.9 Å². The molecule has 0 saturated carbocycles. The first kappa shape index (κ1) is 14.3. The highest BCUT2D eigenvalue weighted by Gasteiger charge is 2.10. The number of nitrogens with zero attached hydrogens (tertiary/aromatic N) is 2. The molecule has 0 saturated heterocycles. The second kappa shape index (κ2) is 6.38. The monoisotopic (exact) mass is 336 g/mol. The number of halogens is 1. The molecule has 20 heavy (non-hydrogen) atoms. The van der Waals surface area contributed by atoms with Crippen molar-refractivity contribution in [2.75, 3.05) is 6.61 Å². The van der Waals surface area contributed by atoms with E-state index in [1.807, 2.05) is 6.92 Å². The predicted molar refractivity (Wildman–Crippen MR) is 80.1 cm³/mol. The van der Waals surface area contributed by atoms with Crippen LogP contribution in [0, 0.1) is 0 Å². The number of phenols is 1. The molecule has 0 aliphatic carbocycles. The summed E-state index contributed by atoms with van der Waals surface area (Å²) in [5.41, 5.74) is 0.459. The van der Waals surface area contributed by atoms with Crippen LogP contribution in [-0.4, -0.2) is 28.0 Å². The summed E-state index contributed by atoms with van der Waals surface area (Å²) in [7, 11) is 0. The van der Waals surface area contributed by atoms with Crippen LogP contribution in [0.15, 0.2) is 39.9 Å². The van der Waals surface area contributed by atoms with Crippen LogP contribution in [0.4, 0.5) is 5.82 Å². The third kappa shape index (κ3) is 3.08. The normalized spacial score (nSPS) is 10.9. The SMILES string of the molecule is CCOc1ccc(Br)c(/C=N/c2ncccc2O)c1O. The Labute approximate surface area is 124 Å². The number of aromatic hydroxyl groups is 2. The molecular formula is C14H13BrN2O3. The zero-order valence-corrected chi connectivity index (χ0v) is 12.3. The van der Waals surface area contributed by atoms with Gasteiger partial charge in [-0.1, -0.05) is 0 Å². The van der Waals surface area contributed by atoms with E-state index in [-0.39, 0.29) is 17.3 Å². The third-order valence-corrected chi connectivity index (χ3v) is 3.20. The highest BCUT2D eigenvalue weighted by molar-refractivity contribution is 9.10. The Morgan fingerprint density at radius 1 is 1.35 bits per heavy atom. The highest BCUT2D eigenvalue weighted by atomic mass is 79.9. The summed E-state index contributed by atoms with van der Waals surface area (Å²) in [6.07, 6.45) is 2.95. The molecule has 0 fully saturated rings. The number of ether oxygens (including phenoxy) is 1. The molecule has 6 heteroatoms. The number of hydrogen-bond acceptors (Lipinski definition) is 5. The van der Waals surface area contributed by atoms with Crippen molar-refractivity contribution in [1.82, 2.24) is 4.98 Å². The molecule has 2 aromatic rings. The summed E-state index contributed by atoms with van der Waals surface area (Å²) in [4.78, 5) is 8.00. The highest BCUT2D eigenvalue weighted by Crippen LogP contribution is 2.34. The molecule has 5 nitrogen and oxygen atoms in total. The minimum Gasteiger partial charge on any atom is -0.504 e. The van der Waals surface area contributed by atoms with Crippen LogP contribution in [-0.2, 0) is 0 Å². The average molecular weight is 337 g/mol. The number of aromatic nitrogens is 1. The van der Waals surface area contributed by atoms with Crippen LogP contribution < -0.4 is 4.74 Å². The number of pyridine rings is 1. The van der Waals surface area contributed by atoms with Gasteiger partial charge >= 0.3 is 0 Å². The number of benzene rings is 1. The van der Waals surface area contributed by atoms with E-state index in [1.54, 1.807) is 18.2 Å². The van der Waals surface area contributed by atoms with E-state index in [1.165, 1.54) is 18.5 Å². The fraction of sp³-hybridized carbons (Fsp3) is 0.143. The Morgan fingerprint density at radius 2 is 2.15 bits per heavy atom. The van der Waals surface area contributed by atoms with Crippen molar-refractivity contribution in [2.45, 2.75) is 6.92 Å². The Morgan fingerprint density at radius 3 is 2.85 bits per heavy atom. The Kier molecular flexibility index (Phi) is 4.57. The molecule has 2 rings (SSSR count). The van der Waals surface area contributed by atoms with Crippen LogP contribution in [0.5, 0.6) is 17.2 Å². The summed E-state index contributed by atoms with van der Waals surface area (Å²) in [6.45, 7) is 2.29. The Bertz CT molecular complexity index is 644. The molecule has 0 aliphatic rings. The van der Waals surface area contributed by atoms with Crippen LogP contribution in [0.2, 0.25) is 0 Å². The van der Waals surface area contributed by atoms with Crippen molar-refractivity contribution in [3.8, 4) is 17.2 Å².